The highest BCUT2D eigenvalue weighted by Crippen LogP contribution is 2.16. The third kappa shape index (κ3) is 6.22. The van der Waals surface area contributed by atoms with E-state index < -0.39 is 0 Å². The zero-order valence-electron chi connectivity index (χ0n) is 11.6. The molecule has 5 nitrogen and oxygen atoms in total. The molecule has 19 heavy (non-hydrogen) atoms. The summed E-state index contributed by atoms with van der Waals surface area (Å²) in [5.41, 5.74) is 1.04. The highest BCUT2D eigenvalue weighted by atomic mass is 16.5. The van der Waals surface area contributed by atoms with Crippen LogP contribution in [-0.4, -0.2) is 39.8 Å². The van der Waals surface area contributed by atoms with Gasteiger partial charge in [0.25, 0.3) is 0 Å². The molecule has 0 spiro atoms. The van der Waals surface area contributed by atoms with Crippen LogP contribution >= 0.6 is 0 Å². The standard InChI is InChI=1S/C14H22N2O3/c1-18-9-5-8-16-14(17)11-15-10-12-6-3-4-7-13(12)19-2/h3-4,6-7,15H,5,8-11H2,1-2H3,(H,16,17). The maximum absolute atomic E-state index is 11.5. The van der Waals surface area contributed by atoms with Gasteiger partial charge in [0.2, 0.25) is 5.91 Å². The number of rotatable bonds is 9. The first-order valence-electron chi connectivity index (χ1n) is 6.36. The molecule has 0 radical (unpaired) electrons. The maximum atomic E-state index is 11.5. The van der Waals surface area contributed by atoms with Gasteiger partial charge in [0, 0.05) is 32.4 Å². The normalized spacial score (nSPS) is 10.2. The summed E-state index contributed by atoms with van der Waals surface area (Å²) in [6, 6.07) is 7.75. The van der Waals surface area contributed by atoms with Crippen LogP contribution < -0.4 is 15.4 Å². The van der Waals surface area contributed by atoms with Crippen molar-refractivity contribution in [1.82, 2.24) is 10.6 Å². The van der Waals surface area contributed by atoms with Gasteiger partial charge >= 0.3 is 0 Å². The van der Waals surface area contributed by atoms with E-state index in [1.807, 2.05) is 24.3 Å². The fourth-order valence-electron chi connectivity index (χ4n) is 1.67. The third-order valence-electron chi connectivity index (χ3n) is 2.64. The lowest BCUT2D eigenvalue weighted by Crippen LogP contribution is -2.34. The molecule has 0 aliphatic rings. The van der Waals surface area contributed by atoms with Gasteiger partial charge in [-0.25, -0.2) is 0 Å². The van der Waals surface area contributed by atoms with Gasteiger partial charge in [-0.15, -0.1) is 0 Å². The molecule has 0 unspecified atom stereocenters. The van der Waals surface area contributed by atoms with Gasteiger partial charge in [-0.3, -0.25) is 4.79 Å². The number of carbonyl (C=O) groups is 1. The highest BCUT2D eigenvalue weighted by Gasteiger charge is 2.03. The quantitative estimate of drug-likeness (QED) is 0.653. The zero-order valence-corrected chi connectivity index (χ0v) is 11.6. The van der Waals surface area contributed by atoms with E-state index >= 15 is 0 Å². The van der Waals surface area contributed by atoms with Crippen molar-refractivity contribution in [3.63, 3.8) is 0 Å². The number of nitrogens with one attached hydrogen (secondary N) is 2. The second kappa shape index (κ2) is 9.35. The Morgan fingerprint density at radius 2 is 2.05 bits per heavy atom. The summed E-state index contributed by atoms with van der Waals surface area (Å²) in [6.07, 6.45) is 0.828. The molecule has 0 aliphatic carbocycles. The van der Waals surface area contributed by atoms with Crippen LogP contribution in [0.15, 0.2) is 24.3 Å². The SMILES string of the molecule is COCCCNC(=O)CNCc1ccccc1OC. The molecule has 0 saturated heterocycles. The van der Waals surface area contributed by atoms with Crippen LogP contribution in [0.5, 0.6) is 5.75 Å². The van der Waals surface area contributed by atoms with Crippen LogP contribution in [0.25, 0.3) is 0 Å². The zero-order chi connectivity index (χ0) is 13.9. The van der Waals surface area contributed by atoms with Crippen LogP contribution in [0.3, 0.4) is 0 Å². The van der Waals surface area contributed by atoms with E-state index in [0.29, 0.717) is 26.2 Å². The molecule has 0 bridgehead atoms. The highest BCUT2D eigenvalue weighted by molar-refractivity contribution is 5.77. The second-order valence-corrected chi connectivity index (χ2v) is 4.11. The monoisotopic (exact) mass is 266 g/mol. The fraction of sp³-hybridized carbons (Fsp3) is 0.500. The summed E-state index contributed by atoms with van der Waals surface area (Å²) >= 11 is 0. The number of methoxy groups -OCH3 is 2. The largest absolute Gasteiger partial charge is 0.496 e. The molecule has 0 heterocycles. The van der Waals surface area contributed by atoms with E-state index in [4.69, 9.17) is 9.47 Å². The average Bonchev–Trinajstić information content (AvgIpc) is 2.44. The minimum atomic E-state index is -0.00833. The smallest absolute Gasteiger partial charge is 0.233 e. The van der Waals surface area contributed by atoms with E-state index in [2.05, 4.69) is 10.6 Å². The Balaban J connectivity index is 2.20. The Labute approximate surface area is 114 Å². The van der Waals surface area contributed by atoms with Gasteiger partial charge < -0.3 is 20.1 Å². The number of benzene rings is 1. The summed E-state index contributed by atoms with van der Waals surface area (Å²) in [5.74, 6) is 0.821. The molecule has 0 saturated carbocycles. The number of ether oxygens (including phenoxy) is 2. The molecule has 0 aliphatic heterocycles. The average molecular weight is 266 g/mol. The number of amides is 1. The van der Waals surface area contributed by atoms with Crippen LogP contribution in [0.4, 0.5) is 0 Å². The molecular weight excluding hydrogens is 244 g/mol. The van der Waals surface area contributed by atoms with Crippen molar-refractivity contribution in [3.05, 3.63) is 29.8 Å². The lowest BCUT2D eigenvalue weighted by atomic mass is 10.2. The van der Waals surface area contributed by atoms with Crippen LogP contribution in [0.1, 0.15) is 12.0 Å². The molecule has 1 aromatic rings. The van der Waals surface area contributed by atoms with Gasteiger partial charge in [-0.1, -0.05) is 18.2 Å². The molecule has 106 valence electrons. The first-order chi connectivity index (χ1) is 9.27. The molecule has 1 aromatic carbocycles. The number of hydrogen-bond acceptors (Lipinski definition) is 4. The Hall–Kier alpha value is -1.59. The lowest BCUT2D eigenvalue weighted by Gasteiger charge is -2.09. The first kappa shape index (κ1) is 15.5. The predicted molar refractivity (Wildman–Crippen MR) is 74.2 cm³/mol. The van der Waals surface area contributed by atoms with Crippen molar-refractivity contribution < 1.29 is 14.3 Å². The van der Waals surface area contributed by atoms with Gasteiger partial charge in [-0.2, -0.15) is 0 Å². The number of para-hydroxylation sites is 1. The van der Waals surface area contributed by atoms with Crippen molar-refractivity contribution >= 4 is 5.91 Å². The molecule has 2 N–H and O–H groups in total. The lowest BCUT2D eigenvalue weighted by molar-refractivity contribution is -0.120. The van der Waals surface area contributed by atoms with E-state index in [1.165, 1.54) is 0 Å². The van der Waals surface area contributed by atoms with E-state index in [1.54, 1.807) is 14.2 Å². The van der Waals surface area contributed by atoms with Gasteiger partial charge in [0.15, 0.2) is 0 Å². The van der Waals surface area contributed by atoms with E-state index in [0.717, 1.165) is 17.7 Å². The van der Waals surface area contributed by atoms with Gasteiger partial charge in [0.05, 0.1) is 13.7 Å². The topological polar surface area (TPSA) is 59.6 Å². The summed E-state index contributed by atoms with van der Waals surface area (Å²) in [5, 5.41) is 5.91. The summed E-state index contributed by atoms with van der Waals surface area (Å²) in [6.45, 7) is 2.21. The van der Waals surface area contributed by atoms with Crippen LogP contribution in [0, 0.1) is 0 Å². The Morgan fingerprint density at radius 1 is 1.26 bits per heavy atom. The van der Waals surface area contributed by atoms with Crippen LogP contribution in [-0.2, 0) is 16.1 Å². The fourth-order valence-corrected chi connectivity index (χ4v) is 1.67. The predicted octanol–water partition coefficient (Wildman–Crippen LogP) is 0.938. The van der Waals surface area contributed by atoms with Crippen molar-refractivity contribution in [2.24, 2.45) is 0 Å². The number of hydrogen-bond donors (Lipinski definition) is 2. The molecule has 0 fully saturated rings. The minimum Gasteiger partial charge on any atom is -0.496 e. The van der Waals surface area contributed by atoms with Crippen molar-refractivity contribution in [2.75, 3.05) is 33.9 Å². The van der Waals surface area contributed by atoms with Gasteiger partial charge in [-0.05, 0) is 12.5 Å². The molecule has 5 heteroatoms. The molecule has 1 rings (SSSR count). The Bertz CT molecular complexity index is 383. The summed E-state index contributed by atoms with van der Waals surface area (Å²) in [4.78, 5) is 11.5. The molecule has 1 amide bonds. The third-order valence-corrected chi connectivity index (χ3v) is 2.64. The molecule has 0 atom stereocenters. The van der Waals surface area contributed by atoms with Crippen LogP contribution in [0.2, 0.25) is 0 Å². The number of carbonyl (C=O) groups excluding carboxylic acids is 1. The maximum Gasteiger partial charge on any atom is 0.233 e. The van der Waals surface area contributed by atoms with Crippen molar-refractivity contribution in [1.29, 1.82) is 0 Å². The minimum absolute atomic E-state index is 0.00833. The summed E-state index contributed by atoms with van der Waals surface area (Å²) < 4.78 is 10.1. The molecular formula is C14H22N2O3. The Morgan fingerprint density at radius 3 is 2.79 bits per heavy atom. The van der Waals surface area contributed by atoms with Crippen molar-refractivity contribution in [3.8, 4) is 5.75 Å². The second-order valence-electron chi connectivity index (χ2n) is 4.11. The van der Waals surface area contributed by atoms with Crippen molar-refractivity contribution in [2.45, 2.75) is 13.0 Å². The first-order valence-corrected chi connectivity index (χ1v) is 6.36. The van der Waals surface area contributed by atoms with E-state index in [-0.39, 0.29) is 5.91 Å². The van der Waals surface area contributed by atoms with Gasteiger partial charge in [0.1, 0.15) is 5.75 Å². The summed E-state index contributed by atoms with van der Waals surface area (Å²) in [7, 11) is 3.29. The Kier molecular flexibility index (Phi) is 7.62. The molecule has 0 aromatic heterocycles. The van der Waals surface area contributed by atoms with E-state index in [9.17, 15) is 4.79 Å².